The van der Waals surface area contributed by atoms with E-state index in [2.05, 4.69) is 49.5 Å². The second kappa shape index (κ2) is 11.1. The summed E-state index contributed by atoms with van der Waals surface area (Å²) in [5.41, 5.74) is 8.05. The summed E-state index contributed by atoms with van der Waals surface area (Å²) in [4.78, 5) is 12.6. The summed E-state index contributed by atoms with van der Waals surface area (Å²) < 4.78 is 17.5. The summed E-state index contributed by atoms with van der Waals surface area (Å²) in [6, 6.07) is 19.3. The van der Waals surface area contributed by atoms with Crippen molar-refractivity contribution in [3.8, 4) is 17.2 Å². The number of carbonyl (C=O) groups excluding carboxylic acids is 1. The molecule has 1 amide bonds. The zero-order valence-corrected chi connectivity index (χ0v) is 20.8. The molecule has 3 aromatic rings. The standard InChI is InChI=1S/C29H32N2O4/c1-19(2)25-12-6-20(3)16-27(25)35-18-22-7-9-23(10-8-22)29(32)31-30-21(4)24-11-13-26-28(17-24)34-15-5-14-33-26/h6-13,16-17,19H,5,14-15,18H2,1-4H3,(H,31,32)/b30-21+. The first kappa shape index (κ1) is 24.3. The van der Waals surface area contributed by atoms with Crippen LogP contribution in [0, 0.1) is 6.92 Å². The lowest BCUT2D eigenvalue weighted by Gasteiger charge is -2.15. The van der Waals surface area contributed by atoms with Crippen LogP contribution >= 0.6 is 0 Å². The average Bonchev–Trinajstić information content (AvgIpc) is 3.11. The predicted octanol–water partition coefficient (Wildman–Crippen LogP) is 6.01. The van der Waals surface area contributed by atoms with Gasteiger partial charge in [0, 0.05) is 17.5 Å². The van der Waals surface area contributed by atoms with E-state index in [1.165, 1.54) is 11.1 Å². The molecule has 0 saturated carbocycles. The Bertz CT molecular complexity index is 1220. The zero-order chi connectivity index (χ0) is 24.8. The van der Waals surface area contributed by atoms with E-state index >= 15 is 0 Å². The molecule has 0 fully saturated rings. The fourth-order valence-electron chi connectivity index (χ4n) is 3.81. The van der Waals surface area contributed by atoms with Gasteiger partial charge in [-0.25, -0.2) is 5.43 Å². The monoisotopic (exact) mass is 472 g/mol. The van der Waals surface area contributed by atoms with Gasteiger partial charge in [0.15, 0.2) is 11.5 Å². The molecule has 6 heteroatoms. The van der Waals surface area contributed by atoms with Gasteiger partial charge in [0.2, 0.25) is 0 Å². The van der Waals surface area contributed by atoms with Crippen molar-refractivity contribution in [2.45, 2.75) is 46.6 Å². The van der Waals surface area contributed by atoms with Gasteiger partial charge in [-0.3, -0.25) is 4.79 Å². The molecule has 0 radical (unpaired) electrons. The Kier molecular flexibility index (Phi) is 7.70. The number of hydrogen-bond acceptors (Lipinski definition) is 5. The van der Waals surface area contributed by atoms with E-state index in [0.29, 0.717) is 42.8 Å². The Morgan fingerprint density at radius 1 is 0.971 bits per heavy atom. The molecule has 1 aliphatic heterocycles. The number of rotatable bonds is 7. The van der Waals surface area contributed by atoms with Gasteiger partial charge in [-0.05, 0) is 72.9 Å². The van der Waals surface area contributed by atoms with E-state index in [9.17, 15) is 4.79 Å². The maximum Gasteiger partial charge on any atom is 0.271 e. The molecule has 1 heterocycles. The molecule has 182 valence electrons. The van der Waals surface area contributed by atoms with Crippen LogP contribution in [0.4, 0.5) is 0 Å². The molecule has 0 saturated heterocycles. The number of carbonyl (C=O) groups is 1. The zero-order valence-electron chi connectivity index (χ0n) is 20.8. The molecule has 0 spiro atoms. The first-order valence-corrected chi connectivity index (χ1v) is 12.0. The lowest BCUT2D eigenvalue weighted by atomic mass is 10.0. The molecule has 1 aliphatic rings. The Balaban J connectivity index is 1.37. The van der Waals surface area contributed by atoms with Gasteiger partial charge in [0.1, 0.15) is 12.4 Å². The number of hydrazone groups is 1. The fraction of sp³-hybridized carbons (Fsp3) is 0.310. The summed E-state index contributed by atoms with van der Waals surface area (Å²) in [5, 5.41) is 4.27. The molecule has 0 atom stereocenters. The van der Waals surface area contributed by atoms with E-state index in [0.717, 1.165) is 29.0 Å². The van der Waals surface area contributed by atoms with Crippen molar-refractivity contribution in [3.05, 3.63) is 88.5 Å². The smallest absolute Gasteiger partial charge is 0.271 e. The van der Waals surface area contributed by atoms with E-state index in [1.54, 1.807) is 12.1 Å². The topological polar surface area (TPSA) is 69.2 Å². The highest BCUT2D eigenvalue weighted by Crippen LogP contribution is 2.31. The number of benzene rings is 3. The van der Waals surface area contributed by atoms with Crippen LogP contribution < -0.4 is 19.6 Å². The maximum atomic E-state index is 12.6. The van der Waals surface area contributed by atoms with Crippen LogP contribution in [0.2, 0.25) is 0 Å². The minimum atomic E-state index is -0.271. The number of hydrogen-bond donors (Lipinski definition) is 1. The molecular weight excluding hydrogens is 440 g/mol. The third-order valence-electron chi connectivity index (χ3n) is 5.89. The van der Waals surface area contributed by atoms with Crippen molar-refractivity contribution < 1.29 is 19.0 Å². The third kappa shape index (κ3) is 6.21. The second-order valence-corrected chi connectivity index (χ2v) is 9.03. The maximum absolute atomic E-state index is 12.6. The lowest BCUT2D eigenvalue weighted by molar-refractivity contribution is 0.0954. The van der Waals surface area contributed by atoms with E-state index in [1.807, 2.05) is 37.3 Å². The van der Waals surface area contributed by atoms with E-state index in [-0.39, 0.29) is 5.91 Å². The van der Waals surface area contributed by atoms with Crippen molar-refractivity contribution in [1.29, 1.82) is 0 Å². The lowest BCUT2D eigenvalue weighted by Crippen LogP contribution is -2.19. The molecule has 1 N–H and O–H groups in total. The van der Waals surface area contributed by atoms with Crippen LogP contribution in [0.1, 0.15) is 65.7 Å². The number of fused-ring (bicyclic) bond motifs is 1. The van der Waals surface area contributed by atoms with Gasteiger partial charge >= 0.3 is 0 Å². The molecule has 0 unspecified atom stereocenters. The summed E-state index contributed by atoms with van der Waals surface area (Å²) in [6.07, 6.45) is 0.850. The first-order valence-electron chi connectivity index (χ1n) is 12.0. The van der Waals surface area contributed by atoms with Crippen LogP contribution in [0.5, 0.6) is 17.2 Å². The second-order valence-electron chi connectivity index (χ2n) is 9.03. The number of amides is 1. The molecule has 0 aromatic heterocycles. The largest absolute Gasteiger partial charge is 0.490 e. The minimum Gasteiger partial charge on any atom is -0.490 e. The van der Waals surface area contributed by atoms with Crippen molar-refractivity contribution in [2.75, 3.05) is 13.2 Å². The average molecular weight is 473 g/mol. The van der Waals surface area contributed by atoms with E-state index in [4.69, 9.17) is 14.2 Å². The number of nitrogens with zero attached hydrogens (tertiary/aromatic N) is 1. The predicted molar refractivity (Wildman–Crippen MR) is 138 cm³/mol. The van der Waals surface area contributed by atoms with Gasteiger partial charge in [0.25, 0.3) is 5.91 Å². The van der Waals surface area contributed by atoms with E-state index < -0.39 is 0 Å². The molecule has 3 aromatic carbocycles. The van der Waals surface area contributed by atoms with Gasteiger partial charge in [-0.1, -0.05) is 38.1 Å². The van der Waals surface area contributed by atoms with Crippen molar-refractivity contribution in [1.82, 2.24) is 5.43 Å². The summed E-state index contributed by atoms with van der Waals surface area (Å²) in [5.74, 6) is 2.44. The Morgan fingerprint density at radius 3 is 2.43 bits per heavy atom. The summed E-state index contributed by atoms with van der Waals surface area (Å²) >= 11 is 0. The molecule has 4 rings (SSSR count). The SMILES string of the molecule is C/C(=N\NC(=O)c1ccc(COc2cc(C)ccc2C(C)C)cc1)c1ccc2c(c1)OCCCO2. The van der Waals surface area contributed by atoms with Crippen LogP contribution in [0.25, 0.3) is 0 Å². The number of nitrogens with one attached hydrogen (secondary N) is 1. The normalized spacial score (nSPS) is 13.3. The highest BCUT2D eigenvalue weighted by atomic mass is 16.5. The summed E-state index contributed by atoms with van der Waals surface area (Å²) in [7, 11) is 0. The van der Waals surface area contributed by atoms with Crippen LogP contribution in [0.3, 0.4) is 0 Å². The molecular formula is C29H32N2O4. The van der Waals surface area contributed by atoms with Gasteiger partial charge < -0.3 is 14.2 Å². The highest BCUT2D eigenvalue weighted by Gasteiger charge is 2.13. The molecule has 0 aliphatic carbocycles. The number of aryl methyl sites for hydroxylation is 1. The van der Waals surface area contributed by atoms with Crippen molar-refractivity contribution in [2.24, 2.45) is 5.10 Å². The Morgan fingerprint density at radius 2 is 1.69 bits per heavy atom. The Labute approximate surface area is 206 Å². The van der Waals surface area contributed by atoms with Crippen LogP contribution in [-0.4, -0.2) is 24.8 Å². The van der Waals surface area contributed by atoms with Crippen LogP contribution in [0.15, 0.2) is 65.8 Å². The van der Waals surface area contributed by atoms with Gasteiger partial charge in [-0.2, -0.15) is 5.10 Å². The first-order chi connectivity index (χ1) is 16.9. The fourth-order valence-corrected chi connectivity index (χ4v) is 3.81. The molecule has 35 heavy (non-hydrogen) atoms. The van der Waals surface area contributed by atoms with Gasteiger partial charge in [-0.15, -0.1) is 0 Å². The third-order valence-corrected chi connectivity index (χ3v) is 5.89. The number of ether oxygens (including phenoxy) is 3. The minimum absolute atomic E-state index is 0.271. The highest BCUT2D eigenvalue weighted by molar-refractivity contribution is 6.01. The van der Waals surface area contributed by atoms with Gasteiger partial charge in [0.05, 0.1) is 18.9 Å². The Hall–Kier alpha value is -3.80. The van der Waals surface area contributed by atoms with Crippen LogP contribution in [-0.2, 0) is 6.61 Å². The molecule has 6 nitrogen and oxygen atoms in total. The molecule has 0 bridgehead atoms. The quantitative estimate of drug-likeness (QED) is 0.338. The van der Waals surface area contributed by atoms with Crippen molar-refractivity contribution in [3.63, 3.8) is 0 Å². The summed E-state index contributed by atoms with van der Waals surface area (Å²) in [6.45, 7) is 9.92. The van der Waals surface area contributed by atoms with Crippen molar-refractivity contribution >= 4 is 11.6 Å².